The molecule has 0 amide bonds. The maximum Gasteiger partial charge on any atom is 0.261 e. The molecule has 0 spiro atoms. The summed E-state index contributed by atoms with van der Waals surface area (Å²) in [6.07, 6.45) is 0. The molecule has 0 saturated carbocycles. The van der Waals surface area contributed by atoms with E-state index >= 15 is 0 Å². The van der Waals surface area contributed by atoms with Crippen molar-refractivity contribution in [1.29, 1.82) is 0 Å². The maximum atomic E-state index is 13.6. The van der Waals surface area contributed by atoms with Crippen molar-refractivity contribution in [1.82, 2.24) is 0 Å². The van der Waals surface area contributed by atoms with E-state index in [1.165, 1.54) is 24.3 Å². The molecule has 2 rings (SSSR count). The molecule has 3 nitrogen and oxygen atoms in total. The Morgan fingerprint density at radius 1 is 1.15 bits per heavy atom. The predicted octanol–water partition coefficient (Wildman–Crippen LogP) is 4.62. The largest absolute Gasteiger partial charge is 0.453 e. The molecule has 0 unspecified atom stereocenters. The second-order valence-corrected chi connectivity index (χ2v) is 7.49. The lowest BCUT2D eigenvalue weighted by atomic mass is 10.2. The molecule has 0 N–H and O–H groups in total. The monoisotopic (exact) mass is 378 g/mol. The summed E-state index contributed by atoms with van der Waals surface area (Å²) in [5.41, 5.74) is 0.845. The van der Waals surface area contributed by atoms with Crippen LogP contribution in [0.5, 0.6) is 11.5 Å². The molecule has 0 bridgehead atoms. The lowest BCUT2D eigenvalue weighted by molar-refractivity contribution is 0.439. The van der Waals surface area contributed by atoms with Crippen LogP contribution in [0, 0.1) is 12.7 Å². The molecular formula is C13H9BrClFO3S. The average Bonchev–Trinajstić information content (AvgIpc) is 2.35. The summed E-state index contributed by atoms with van der Waals surface area (Å²) in [7, 11) is 1.42. The normalized spacial score (nSPS) is 11.4. The molecule has 20 heavy (non-hydrogen) atoms. The highest BCUT2D eigenvalue weighted by atomic mass is 79.9. The molecule has 0 aromatic heterocycles. The van der Waals surface area contributed by atoms with Gasteiger partial charge in [-0.3, -0.25) is 0 Å². The number of benzene rings is 2. The number of aryl methyl sites for hydroxylation is 1. The van der Waals surface area contributed by atoms with Crippen molar-refractivity contribution >= 4 is 35.7 Å². The Balaban J connectivity index is 2.38. The zero-order chi connectivity index (χ0) is 14.9. The van der Waals surface area contributed by atoms with Gasteiger partial charge in [0.25, 0.3) is 9.05 Å². The van der Waals surface area contributed by atoms with Crippen molar-refractivity contribution in [2.24, 2.45) is 0 Å². The van der Waals surface area contributed by atoms with E-state index in [0.29, 0.717) is 10.2 Å². The second kappa shape index (κ2) is 5.71. The van der Waals surface area contributed by atoms with E-state index in [-0.39, 0.29) is 10.6 Å². The molecule has 2 aromatic carbocycles. The van der Waals surface area contributed by atoms with Gasteiger partial charge in [-0.2, -0.15) is 0 Å². The van der Waals surface area contributed by atoms with Crippen LogP contribution in [-0.2, 0) is 9.05 Å². The van der Waals surface area contributed by atoms with Crippen molar-refractivity contribution in [2.75, 3.05) is 0 Å². The van der Waals surface area contributed by atoms with Crippen LogP contribution in [0.2, 0.25) is 0 Å². The average molecular weight is 380 g/mol. The van der Waals surface area contributed by atoms with E-state index in [1.807, 2.05) is 6.92 Å². The summed E-state index contributed by atoms with van der Waals surface area (Å²) >= 11 is 3.17. The van der Waals surface area contributed by atoms with Gasteiger partial charge in [0.2, 0.25) is 0 Å². The van der Waals surface area contributed by atoms with Crippen molar-refractivity contribution in [2.45, 2.75) is 11.8 Å². The zero-order valence-electron chi connectivity index (χ0n) is 10.2. The van der Waals surface area contributed by atoms with Crippen molar-refractivity contribution in [3.05, 3.63) is 52.3 Å². The van der Waals surface area contributed by atoms with Gasteiger partial charge in [-0.1, -0.05) is 6.07 Å². The molecule has 0 saturated heterocycles. The highest BCUT2D eigenvalue weighted by Gasteiger charge is 2.14. The summed E-state index contributed by atoms with van der Waals surface area (Å²) in [5.74, 6) is -0.151. The van der Waals surface area contributed by atoms with Crippen molar-refractivity contribution < 1.29 is 17.5 Å². The smallest absolute Gasteiger partial charge is 0.261 e. The Morgan fingerprint density at radius 2 is 1.85 bits per heavy atom. The van der Waals surface area contributed by atoms with E-state index in [4.69, 9.17) is 15.4 Å². The zero-order valence-corrected chi connectivity index (χ0v) is 13.4. The molecule has 0 fully saturated rings. The minimum atomic E-state index is -3.82. The molecule has 0 heterocycles. The van der Waals surface area contributed by atoms with Gasteiger partial charge >= 0.3 is 0 Å². The van der Waals surface area contributed by atoms with E-state index in [9.17, 15) is 12.8 Å². The quantitative estimate of drug-likeness (QED) is 0.731. The van der Waals surface area contributed by atoms with Crippen LogP contribution in [0.4, 0.5) is 4.39 Å². The molecular weight excluding hydrogens is 371 g/mol. The van der Waals surface area contributed by atoms with Gasteiger partial charge in [0.15, 0.2) is 11.6 Å². The third kappa shape index (κ3) is 3.50. The van der Waals surface area contributed by atoms with Crippen molar-refractivity contribution in [3.63, 3.8) is 0 Å². The van der Waals surface area contributed by atoms with Gasteiger partial charge in [-0.05, 0) is 58.7 Å². The fourth-order valence-corrected chi connectivity index (χ4v) is 2.91. The first kappa shape index (κ1) is 15.3. The van der Waals surface area contributed by atoms with Crippen LogP contribution in [0.15, 0.2) is 45.8 Å². The molecule has 7 heteroatoms. The van der Waals surface area contributed by atoms with E-state index in [1.54, 1.807) is 12.1 Å². The summed E-state index contributed by atoms with van der Waals surface area (Å²) in [6.45, 7) is 1.81. The Morgan fingerprint density at radius 3 is 2.45 bits per heavy atom. The highest BCUT2D eigenvalue weighted by Crippen LogP contribution is 2.33. The van der Waals surface area contributed by atoms with Gasteiger partial charge in [0.1, 0.15) is 5.75 Å². The van der Waals surface area contributed by atoms with Crippen LogP contribution in [0.3, 0.4) is 0 Å². The lowest BCUT2D eigenvalue weighted by Gasteiger charge is -2.10. The number of hydrogen-bond acceptors (Lipinski definition) is 3. The first-order chi connectivity index (χ1) is 9.27. The van der Waals surface area contributed by atoms with Crippen molar-refractivity contribution in [3.8, 4) is 11.5 Å². The lowest BCUT2D eigenvalue weighted by Crippen LogP contribution is -1.93. The topological polar surface area (TPSA) is 43.4 Å². The summed E-state index contributed by atoms with van der Waals surface area (Å²) in [5, 5.41) is 0. The first-order valence-corrected chi connectivity index (χ1v) is 8.56. The third-order valence-electron chi connectivity index (χ3n) is 2.49. The number of rotatable bonds is 3. The van der Waals surface area contributed by atoms with E-state index in [2.05, 4.69) is 15.9 Å². The molecule has 0 atom stereocenters. The summed E-state index contributed by atoms with van der Waals surface area (Å²) < 4.78 is 41.8. The molecule has 0 radical (unpaired) electrons. The van der Waals surface area contributed by atoms with Crippen LogP contribution >= 0.6 is 26.6 Å². The highest BCUT2D eigenvalue weighted by molar-refractivity contribution is 9.10. The van der Waals surface area contributed by atoms with E-state index < -0.39 is 14.9 Å². The van der Waals surface area contributed by atoms with E-state index in [0.717, 1.165) is 5.56 Å². The maximum absolute atomic E-state index is 13.6. The van der Waals surface area contributed by atoms with Gasteiger partial charge in [-0.15, -0.1) is 0 Å². The van der Waals surface area contributed by atoms with Crippen LogP contribution < -0.4 is 4.74 Å². The van der Waals surface area contributed by atoms with Gasteiger partial charge in [-0.25, -0.2) is 12.8 Å². The molecule has 0 aliphatic rings. The Kier molecular flexibility index (Phi) is 4.36. The number of ether oxygens (including phenoxy) is 1. The van der Waals surface area contributed by atoms with Crippen LogP contribution in [0.1, 0.15) is 5.56 Å². The Labute approximate surface area is 128 Å². The molecule has 0 aliphatic heterocycles. The molecule has 0 aliphatic carbocycles. The Bertz CT molecular complexity index is 762. The van der Waals surface area contributed by atoms with Gasteiger partial charge in [0.05, 0.1) is 9.37 Å². The fourth-order valence-electron chi connectivity index (χ4n) is 1.52. The summed E-state index contributed by atoms with van der Waals surface area (Å²) in [6, 6.07) is 8.47. The van der Waals surface area contributed by atoms with Crippen LogP contribution in [0.25, 0.3) is 0 Å². The predicted molar refractivity (Wildman–Crippen MR) is 78.4 cm³/mol. The SMILES string of the molecule is Cc1ccc(F)c(Oc2ccc(S(=O)(=O)Cl)cc2Br)c1. The summed E-state index contributed by atoms with van der Waals surface area (Å²) in [4.78, 5) is -0.0666. The first-order valence-electron chi connectivity index (χ1n) is 5.45. The molecule has 2 aromatic rings. The minimum absolute atomic E-state index is 0.0622. The van der Waals surface area contributed by atoms with Gasteiger partial charge < -0.3 is 4.74 Å². The number of hydrogen-bond donors (Lipinski definition) is 0. The Hall–Kier alpha value is -1.11. The minimum Gasteiger partial charge on any atom is -0.453 e. The van der Waals surface area contributed by atoms with Gasteiger partial charge in [0, 0.05) is 10.7 Å². The molecule has 106 valence electrons. The third-order valence-corrected chi connectivity index (χ3v) is 4.46. The second-order valence-electron chi connectivity index (χ2n) is 4.07. The standard InChI is InChI=1S/C13H9BrClFO3S/c1-8-2-4-11(16)13(6-8)19-12-5-3-9(7-10(12)14)20(15,17)18/h2-7H,1H3. The fraction of sp³-hybridized carbons (Fsp3) is 0.0769. The number of halogens is 3. The van der Waals surface area contributed by atoms with Crippen LogP contribution in [-0.4, -0.2) is 8.42 Å².